The summed E-state index contributed by atoms with van der Waals surface area (Å²) in [5.41, 5.74) is 1.38. The second kappa shape index (κ2) is 9.68. The number of carbonyl (C=O) groups is 3. The van der Waals surface area contributed by atoms with Gasteiger partial charge in [-0.15, -0.1) is 0 Å². The lowest BCUT2D eigenvalue weighted by atomic mass is 10.1. The molecule has 9 heteroatoms. The van der Waals surface area contributed by atoms with Crippen LogP contribution < -0.4 is 20.3 Å². The van der Waals surface area contributed by atoms with Crippen LogP contribution in [0.2, 0.25) is 0 Å². The van der Waals surface area contributed by atoms with Gasteiger partial charge < -0.3 is 20.5 Å². The highest BCUT2D eigenvalue weighted by molar-refractivity contribution is 6.53. The van der Waals surface area contributed by atoms with Gasteiger partial charge >= 0.3 is 0 Å². The zero-order valence-electron chi connectivity index (χ0n) is 18.0. The summed E-state index contributed by atoms with van der Waals surface area (Å²) in [4.78, 5) is 39.3. The molecule has 1 aliphatic rings. The smallest absolute Gasteiger partial charge is 0.283 e. The van der Waals surface area contributed by atoms with Gasteiger partial charge in [-0.1, -0.05) is 23.7 Å². The minimum absolute atomic E-state index is 0.0243. The van der Waals surface area contributed by atoms with Gasteiger partial charge in [0.2, 0.25) is 0 Å². The van der Waals surface area contributed by atoms with Crippen LogP contribution in [0.25, 0.3) is 0 Å². The van der Waals surface area contributed by atoms with E-state index in [1.807, 2.05) is 6.92 Å². The Labute approximate surface area is 200 Å². The lowest BCUT2D eigenvalue weighted by Crippen LogP contribution is -2.32. The SMILES string of the molecule is CCOc1ccc(N2C(=O)C(Cl)=C(Nc3cccc(C(=O)Nc4cccc(O)c4)c3)C2=O)cc1. The molecule has 0 fully saturated rings. The van der Waals surface area contributed by atoms with Crippen molar-refractivity contribution in [1.29, 1.82) is 0 Å². The Morgan fingerprint density at radius 1 is 0.971 bits per heavy atom. The molecule has 0 saturated heterocycles. The molecule has 34 heavy (non-hydrogen) atoms. The topological polar surface area (TPSA) is 108 Å². The van der Waals surface area contributed by atoms with E-state index in [9.17, 15) is 19.5 Å². The van der Waals surface area contributed by atoms with Crippen LogP contribution in [0.4, 0.5) is 17.1 Å². The number of amides is 3. The Bertz CT molecular complexity index is 1300. The lowest BCUT2D eigenvalue weighted by Gasteiger charge is -2.16. The third kappa shape index (κ3) is 4.72. The maximum Gasteiger partial charge on any atom is 0.283 e. The van der Waals surface area contributed by atoms with E-state index >= 15 is 0 Å². The van der Waals surface area contributed by atoms with Gasteiger partial charge in [0.25, 0.3) is 17.7 Å². The van der Waals surface area contributed by atoms with E-state index in [1.54, 1.807) is 54.6 Å². The summed E-state index contributed by atoms with van der Waals surface area (Å²) in [6.45, 7) is 2.35. The number of imide groups is 1. The molecule has 0 saturated carbocycles. The van der Waals surface area contributed by atoms with Gasteiger partial charge in [0.1, 0.15) is 22.2 Å². The molecular weight excluding hydrogens is 458 g/mol. The molecule has 0 atom stereocenters. The largest absolute Gasteiger partial charge is 0.508 e. The number of carbonyl (C=O) groups excluding carboxylic acids is 3. The molecule has 3 amide bonds. The fourth-order valence-corrected chi connectivity index (χ4v) is 3.59. The Morgan fingerprint density at radius 2 is 1.68 bits per heavy atom. The third-order valence-corrected chi connectivity index (χ3v) is 5.28. The number of nitrogens with one attached hydrogen (secondary N) is 2. The van der Waals surface area contributed by atoms with Gasteiger partial charge in [0.05, 0.1) is 12.3 Å². The molecule has 172 valence electrons. The molecule has 3 aromatic rings. The Morgan fingerprint density at radius 3 is 2.38 bits per heavy atom. The van der Waals surface area contributed by atoms with Crippen molar-refractivity contribution in [3.8, 4) is 11.5 Å². The first-order valence-corrected chi connectivity index (χ1v) is 10.7. The van der Waals surface area contributed by atoms with Crippen molar-refractivity contribution in [3.63, 3.8) is 0 Å². The van der Waals surface area contributed by atoms with Crippen LogP contribution in [0.1, 0.15) is 17.3 Å². The molecule has 8 nitrogen and oxygen atoms in total. The number of phenols is 1. The predicted octanol–water partition coefficient (Wildman–Crippen LogP) is 4.48. The molecule has 0 radical (unpaired) electrons. The highest BCUT2D eigenvalue weighted by atomic mass is 35.5. The van der Waals surface area contributed by atoms with Crippen molar-refractivity contribution < 1.29 is 24.2 Å². The van der Waals surface area contributed by atoms with Crippen LogP contribution in [0.15, 0.2) is 83.5 Å². The van der Waals surface area contributed by atoms with E-state index in [0.29, 0.717) is 35.0 Å². The molecular formula is C25H20ClN3O5. The average Bonchev–Trinajstić information content (AvgIpc) is 3.03. The van der Waals surface area contributed by atoms with E-state index in [0.717, 1.165) is 4.90 Å². The number of nitrogens with zero attached hydrogens (tertiary/aromatic N) is 1. The zero-order chi connectivity index (χ0) is 24.2. The second-order valence-corrected chi connectivity index (χ2v) is 7.65. The summed E-state index contributed by atoms with van der Waals surface area (Å²) >= 11 is 6.20. The minimum atomic E-state index is -0.656. The van der Waals surface area contributed by atoms with Crippen molar-refractivity contribution in [2.24, 2.45) is 0 Å². The monoisotopic (exact) mass is 477 g/mol. The number of hydrogen-bond acceptors (Lipinski definition) is 6. The first-order chi connectivity index (χ1) is 16.4. The Hall–Kier alpha value is -4.30. The van der Waals surface area contributed by atoms with Gasteiger partial charge in [0, 0.05) is 23.0 Å². The summed E-state index contributed by atoms with van der Waals surface area (Å²) in [7, 11) is 0. The van der Waals surface area contributed by atoms with Gasteiger partial charge in [-0.25, -0.2) is 4.90 Å². The molecule has 0 unspecified atom stereocenters. The summed E-state index contributed by atoms with van der Waals surface area (Å²) < 4.78 is 5.39. The van der Waals surface area contributed by atoms with E-state index < -0.39 is 17.7 Å². The second-order valence-electron chi connectivity index (χ2n) is 7.27. The maximum atomic E-state index is 13.0. The van der Waals surface area contributed by atoms with Crippen molar-refractivity contribution in [2.75, 3.05) is 22.1 Å². The quantitative estimate of drug-likeness (QED) is 0.433. The fourth-order valence-electron chi connectivity index (χ4n) is 3.37. The fraction of sp³-hybridized carbons (Fsp3) is 0.0800. The summed E-state index contributed by atoms with van der Waals surface area (Å²) in [5, 5.41) is 14.9. The number of rotatable bonds is 7. The van der Waals surface area contributed by atoms with Gasteiger partial charge in [-0.05, 0) is 61.5 Å². The molecule has 0 bridgehead atoms. The van der Waals surface area contributed by atoms with Gasteiger partial charge in [-0.3, -0.25) is 14.4 Å². The molecule has 1 aliphatic heterocycles. The number of hydrogen-bond donors (Lipinski definition) is 3. The number of anilines is 3. The van der Waals surface area contributed by atoms with Crippen molar-refractivity contribution in [1.82, 2.24) is 0 Å². The lowest BCUT2D eigenvalue weighted by molar-refractivity contribution is -0.120. The number of aromatic hydroxyl groups is 1. The van der Waals surface area contributed by atoms with Crippen LogP contribution in [0, 0.1) is 0 Å². The first-order valence-electron chi connectivity index (χ1n) is 10.4. The number of phenolic OH excluding ortho intramolecular Hbond substituents is 1. The van der Waals surface area contributed by atoms with Crippen LogP contribution >= 0.6 is 11.6 Å². The van der Waals surface area contributed by atoms with Crippen molar-refractivity contribution in [3.05, 3.63) is 89.1 Å². The van der Waals surface area contributed by atoms with Crippen LogP contribution in [-0.4, -0.2) is 29.4 Å². The summed E-state index contributed by atoms with van der Waals surface area (Å²) in [5.74, 6) is -1.05. The molecule has 0 aliphatic carbocycles. The minimum Gasteiger partial charge on any atom is -0.508 e. The van der Waals surface area contributed by atoms with Crippen LogP contribution in [0.3, 0.4) is 0 Å². The van der Waals surface area contributed by atoms with Crippen molar-refractivity contribution >= 4 is 46.4 Å². The highest BCUT2D eigenvalue weighted by Crippen LogP contribution is 2.31. The number of halogens is 1. The maximum absolute atomic E-state index is 13.0. The molecule has 0 spiro atoms. The number of benzene rings is 3. The van der Waals surface area contributed by atoms with Gasteiger partial charge in [-0.2, -0.15) is 0 Å². The average molecular weight is 478 g/mol. The van der Waals surface area contributed by atoms with Crippen LogP contribution in [-0.2, 0) is 9.59 Å². The molecule has 4 rings (SSSR count). The molecule has 0 aromatic heterocycles. The van der Waals surface area contributed by atoms with E-state index in [1.165, 1.54) is 18.2 Å². The van der Waals surface area contributed by atoms with E-state index in [-0.39, 0.29) is 16.5 Å². The molecule has 3 N–H and O–H groups in total. The highest BCUT2D eigenvalue weighted by Gasteiger charge is 2.39. The standard InChI is InChI=1S/C25H20ClN3O5/c1-2-34-20-11-9-18(10-12-20)29-24(32)21(26)22(25(29)33)27-16-6-3-5-15(13-16)23(31)28-17-7-4-8-19(30)14-17/h3-14,27,30H,2H2,1H3,(H,28,31). The zero-order valence-corrected chi connectivity index (χ0v) is 18.8. The Kier molecular flexibility index (Phi) is 6.51. The summed E-state index contributed by atoms with van der Waals surface area (Å²) in [6, 6.07) is 19.1. The molecule has 1 heterocycles. The van der Waals surface area contributed by atoms with Crippen LogP contribution in [0.5, 0.6) is 11.5 Å². The van der Waals surface area contributed by atoms with Gasteiger partial charge in [0.15, 0.2) is 0 Å². The van der Waals surface area contributed by atoms with Crippen molar-refractivity contribution in [2.45, 2.75) is 6.92 Å². The first kappa shape index (κ1) is 22.9. The Balaban J connectivity index is 1.51. The summed E-state index contributed by atoms with van der Waals surface area (Å²) in [6.07, 6.45) is 0. The predicted molar refractivity (Wildman–Crippen MR) is 129 cm³/mol. The number of ether oxygens (including phenoxy) is 1. The molecule has 3 aromatic carbocycles. The third-order valence-electron chi connectivity index (χ3n) is 4.93. The van der Waals surface area contributed by atoms with E-state index in [2.05, 4.69) is 10.6 Å². The van der Waals surface area contributed by atoms with E-state index in [4.69, 9.17) is 16.3 Å². The normalized spacial score (nSPS) is 13.3.